The number of hydrogen-bond donors (Lipinski definition) is 1. The first-order chi connectivity index (χ1) is 5.68. The second-order valence-corrected chi connectivity index (χ2v) is 4.00. The van der Waals surface area contributed by atoms with Crippen LogP contribution in [0.3, 0.4) is 0 Å². The fraction of sp³-hybridized carbons (Fsp3) is 0.375. The van der Waals surface area contributed by atoms with Gasteiger partial charge in [-0.25, -0.2) is 4.98 Å². The smallest absolute Gasteiger partial charge is 0.168 e. The average Bonchev–Trinajstić information content (AvgIpc) is 2.35. The molecule has 0 fully saturated rings. The molecule has 64 valence electrons. The quantitative estimate of drug-likeness (QED) is 0.769. The Balaban J connectivity index is 2.55. The highest BCUT2D eigenvalue weighted by molar-refractivity contribution is 9.10. The van der Waals surface area contributed by atoms with Crippen LogP contribution in [0.1, 0.15) is 18.4 Å². The SMILES string of the molecule is CC(O)CC#Cc1nc(Br)cs1. The molecule has 0 saturated heterocycles. The van der Waals surface area contributed by atoms with Gasteiger partial charge in [0.2, 0.25) is 0 Å². The van der Waals surface area contributed by atoms with E-state index in [1.807, 2.05) is 5.38 Å². The molecule has 0 amide bonds. The summed E-state index contributed by atoms with van der Waals surface area (Å²) in [6.45, 7) is 1.71. The Morgan fingerprint density at radius 2 is 2.58 bits per heavy atom. The Labute approximate surface area is 83.8 Å². The molecule has 1 aromatic rings. The third kappa shape index (κ3) is 3.35. The normalized spacial score (nSPS) is 11.9. The molecule has 0 aliphatic rings. The number of thiazole rings is 1. The number of aromatic nitrogens is 1. The maximum Gasteiger partial charge on any atom is 0.168 e. The van der Waals surface area contributed by atoms with Crippen molar-refractivity contribution in [1.82, 2.24) is 4.98 Å². The Kier molecular flexibility index (Phi) is 3.73. The van der Waals surface area contributed by atoms with Gasteiger partial charge in [0, 0.05) is 11.8 Å². The van der Waals surface area contributed by atoms with E-state index in [2.05, 4.69) is 32.8 Å². The lowest BCUT2D eigenvalue weighted by Gasteiger charge is -1.91. The van der Waals surface area contributed by atoms with Crippen LogP contribution in [-0.4, -0.2) is 16.2 Å². The Hall–Kier alpha value is -0.370. The van der Waals surface area contributed by atoms with E-state index in [0.717, 1.165) is 9.61 Å². The van der Waals surface area contributed by atoms with Crippen molar-refractivity contribution in [3.8, 4) is 11.8 Å². The summed E-state index contributed by atoms with van der Waals surface area (Å²) in [5.74, 6) is 5.71. The van der Waals surface area contributed by atoms with Gasteiger partial charge in [0.05, 0.1) is 6.10 Å². The van der Waals surface area contributed by atoms with Gasteiger partial charge in [-0.1, -0.05) is 5.92 Å². The zero-order valence-electron chi connectivity index (χ0n) is 6.54. The molecule has 12 heavy (non-hydrogen) atoms. The highest BCUT2D eigenvalue weighted by Gasteiger charge is 1.94. The Bertz CT molecular complexity index is 310. The molecule has 0 aliphatic heterocycles. The van der Waals surface area contributed by atoms with E-state index >= 15 is 0 Å². The predicted octanol–water partition coefficient (Wildman–Crippen LogP) is 2.03. The van der Waals surface area contributed by atoms with E-state index in [-0.39, 0.29) is 6.10 Å². The molecule has 4 heteroatoms. The van der Waals surface area contributed by atoms with Gasteiger partial charge >= 0.3 is 0 Å². The molecule has 0 aliphatic carbocycles. The molecule has 1 rings (SSSR count). The van der Waals surface area contributed by atoms with Gasteiger partial charge < -0.3 is 5.11 Å². The summed E-state index contributed by atoms with van der Waals surface area (Å²) in [4.78, 5) is 4.09. The average molecular weight is 246 g/mol. The van der Waals surface area contributed by atoms with Crippen LogP contribution in [-0.2, 0) is 0 Å². The van der Waals surface area contributed by atoms with Gasteiger partial charge in [0.25, 0.3) is 0 Å². The van der Waals surface area contributed by atoms with E-state index in [4.69, 9.17) is 5.11 Å². The van der Waals surface area contributed by atoms with Crippen molar-refractivity contribution < 1.29 is 5.11 Å². The van der Waals surface area contributed by atoms with Crippen LogP contribution in [0.4, 0.5) is 0 Å². The van der Waals surface area contributed by atoms with Crippen molar-refractivity contribution in [2.75, 3.05) is 0 Å². The molecule has 0 spiro atoms. The lowest BCUT2D eigenvalue weighted by Crippen LogP contribution is -1.95. The van der Waals surface area contributed by atoms with E-state index in [9.17, 15) is 0 Å². The zero-order chi connectivity index (χ0) is 8.97. The van der Waals surface area contributed by atoms with Crippen molar-refractivity contribution in [1.29, 1.82) is 0 Å². The Morgan fingerprint density at radius 3 is 3.08 bits per heavy atom. The molecule has 1 aromatic heterocycles. The van der Waals surface area contributed by atoms with Crippen molar-refractivity contribution in [3.05, 3.63) is 15.0 Å². The highest BCUT2D eigenvalue weighted by atomic mass is 79.9. The first-order valence-electron chi connectivity index (χ1n) is 3.46. The number of hydrogen-bond acceptors (Lipinski definition) is 3. The fourth-order valence-corrected chi connectivity index (χ4v) is 1.70. The lowest BCUT2D eigenvalue weighted by molar-refractivity contribution is 0.201. The summed E-state index contributed by atoms with van der Waals surface area (Å²) in [6, 6.07) is 0. The second-order valence-electron chi connectivity index (χ2n) is 2.33. The van der Waals surface area contributed by atoms with Crippen molar-refractivity contribution >= 4 is 27.3 Å². The Morgan fingerprint density at radius 1 is 1.83 bits per heavy atom. The molecular formula is C8H8BrNOS. The minimum absolute atomic E-state index is 0.360. The molecule has 2 nitrogen and oxygen atoms in total. The molecule has 1 N–H and O–H groups in total. The molecular weight excluding hydrogens is 238 g/mol. The maximum atomic E-state index is 8.91. The summed E-state index contributed by atoms with van der Waals surface area (Å²) >= 11 is 4.72. The van der Waals surface area contributed by atoms with E-state index in [1.165, 1.54) is 11.3 Å². The predicted molar refractivity (Wildman–Crippen MR) is 53.0 cm³/mol. The molecule has 1 unspecified atom stereocenters. The van der Waals surface area contributed by atoms with Crippen LogP contribution in [0.5, 0.6) is 0 Å². The van der Waals surface area contributed by atoms with E-state index < -0.39 is 0 Å². The van der Waals surface area contributed by atoms with Gasteiger partial charge in [-0.3, -0.25) is 0 Å². The maximum absolute atomic E-state index is 8.91. The monoisotopic (exact) mass is 245 g/mol. The number of rotatable bonds is 1. The van der Waals surface area contributed by atoms with Gasteiger partial charge in [0.15, 0.2) is 5.01 Å². The van der Waals surface area contributed by atoms with Crippen LogP contribution in [0.15, 0.2) is 9.98 Å². The fourth-order valence-electron chi connectivity index (χ4n) is 0.586. The molecule has 1 atom stereocenters. The van der Waals surface area contributed by atoms with Crippen LogP contribution >= 0.6 is 27.3 Å². The molecule has 0 bridgehead atoms. The van der Waals surface area contributed by atoms with E-state index in [0.29, 0.717) is 6.42 Å². The summed E-state index contributed by atoms with van der Waals surface area (Å²) in [5, 5.41) is 11.6. The molecule has 1 heterocycles. The molecule has 0 radical (unpaired) electrons. The minimum atomic E-state index is -0.360. The molecule has 0 saturated carbocycles. The van der Waals surface area contributed by atoms with Gasteiger partial charge in [-0.05, 0) is 28.8 Å². The van der Waals surface area contributed by atoms with Crippen LogP contribution in [0.2, 0.25) is 0 Å². The number of aliphatic hydroxyl groups excluding tert-OH is 1. The van der Waals surface area contributed by atoms with Crippen LogP contribution < -0.4 is 0 Å². The first-order valence-corrected chi connectivity index (χ1v) is 5.13. The highest BCUT2D eigenvalue weighted by Crippen LogP contribution is 2.13. The minimum Gasteiger partial charge on any atom is -0.392 e. The van der Waals surface area contributed by atoms with Gasteiger partial charge in [-0.2, -0.15) is 0 Å². The summed E-state index contributed by atoms with van der Waals surface area (Å²) in [7, 11) is 0. The number of nitrogens with zero attached hydrogens (tertiary/aromatic N) is 1. The van der Waals surface area contributed by atoms with Crippen molar-refractivity contribution in [3.63, 3.8) is 0 Å². The van der Waals surface area contributed by atoms with Crippen molar-refractivity contribution in [2.45, 2.75) is 19.4 Å². The van der Waals surface area contributed by atoms with E-state index in [1.54, 1.807) is 6.92 Å². The third-order valence-electron chi connectivity index (χ3n) is 1.07. The number of aliphatic hydroxyl groups is 1. The van der Waals surface area contributed by atoms with Crippen LogP contribution in [0, 0.1) is 11.8 Å². The lowest BCUT2D eigenvalue weighted by atomic mass is 10.3. The summed E-state index contributed by atoms with van der Waals surface area (Å²) < 4.78 is 0.814. The zero-order valence-corrected chi connectivity index (χ0v) is 8.94. The third-order valence-corrected chi connectivity index (χ3v) is 2.54. The first kappa shape index (κ1) is 9.72. The summed E-state index contributed by atoms with van der Waals surface area (Å²) in [5.41, 5.74) is 0. The van der Waals surface area contributed by atoms with Gasteiger partial charge in [-0.15, -0.1) is 11.3 Å². The largest absolute Gasteiger partial charge is 0.392 e. The molecule has 0 aromatic carbocycles. The van der Waals surface area contributed by atoms with Gasteiger partial charge in [0.1, 0.15) is 4.60 Å². The van der Waals surface area contributed by atoms with Crippen LogP contribution in [0.25, 0.3) is 0 Å². The summed E-state index contributed by atoms with van der Waals surface area (Å²) in [6.07, 6.45) is 0.137. The standard InChI is InChI=1S/C8H8BrNOS/c1-6(11)3-2-4-8-10-7(9)5-12-8/h5-6,11H,3H2,1H3. The second kappa shape index (κ2) is 4.61. The number of halogens is 1. The van der Waals surface area contributed by atoms with Crippen molar-refractivity contribution in [2.24, 2.45) is 0 Å². The topological polar surface area (TPSA) is 33.1 Å².